The fourth-order valence-corrected chi connectivity index (χ4v) is 4.19. The third-order valence-corrected chi connectivity index (χ3v) is 5.56. The number of aliphatic hydroxyl groups is 1. The van der Waals surface area contributed by atoms with Crippen LogP contribution in [0.25, 0.3) is 10.8 Å². The van der Waals surface area contributed by atoms with E-state index in [2.05, 4.69) is 11.1 Å². The first kappa shape index (κ1) is 19.3. The molecule has 1 aliphatic rings. The van der Waals surface area contributed by atoms with E-state index in [4.69, 9.17) is 18.6 Å². The normalized spacial score (nSPS) is 17.9. The van der Waals surface area contributed by atoms with Gasteiger partial charge in [-0.25, -0.2) is 9.78 Å². The van der Waals surface area contributed by atoms with Crippen molar-refractivity contribution in [1.29, 1.82) is 0 Å². The maximum Gasteiger partial charge on any atom is 0.374 e. The molecule has 0 radical (unpaired) electrons. The average molecular weight is 397 g/mol. The van der Waals surface area contributed by atoms with E-state index in [0.29, 0.717) is 18.1 Å². The lowest BCUT2D eigenvalue weighted by molar-refractivity contribution is 0.0283. The third kappa shape index (κ3) is 3.11. The van der Waals surface area contributed by atoms with Gasteiger partial charge in [0.25, 0.3) is 0 Å². The largest absolute Gasteiger partial charge is 0.496 e. The van der Waals surface area contributed by atoms with Crippen molar-refractivity contribution < 1.29 is 28.5 Å². The summed E-state index contributed by atoms with van der Waals surface area (Å²) in [5, 5.41) is 12.1. The van der Waals surface area contributed by atoms with Crippen molar-refractivity contribution in [2.45, 2.75) is 25.2 Å². The van der Waals surface area contributed by atoms with Crippen LogP contribution >= 0.6 is 0 Å². The number of hydrogen-bond donors (Lipinski definition) is 1. The molecule has 0 bridgehead atoms. The summed E-state index contributed by atoms with van der Waals surface area (Å²) in [5.41, 5.74) is 1.97. The zero-order valence-corrected chi connectivity index (χ0v) is 16.7. The van der Waals surface area contributed by atoms with Crippen LogP contribution in [0.4, 0.5) is 0 Å². The van der Waals surface area contributed by atoms with Crippen LogP contribution in [0.2, 0.25) is 0 Å². The van der Waals surface area contributed by atoms with Gasteiger partial charge in [-0.1, -0.05) is 6.07 Å². The topological polar surface area (TPSA) is 91.0 Å². The highest BCUT2D eigenvalue weighted by Crippen LogP contribution is 2.49. The second-order valence-corrected chi connectivity index (χ2v) is 7.31. The Morgan fingerprint density at radius 2 is 2.14 bits per heavy atom. The lowest BCUT2D eigenvalue weighted by Gasteiger charge is -2.29. The number of nitrogens with zero attached hydrogens (tertiary/aromatic N) is 1. The molecular weight excluding hydrogens is 374 g/mol. The quantitative estimate of drug-likeness (QED) is 0.639. The second-order valence-electron chi connectivity index (χ2n) is 7.31. The van der Waals surface area contributed by atoms with E-state index in [9.17, 15) is 9.90 Å². The van der Waals surface area contributed by atoms with Crippen LogP contribution in [0, 0.1) is 6.92 Å². The Kier molecular flexibility index (Phi) is 4.92. The van der Waals surface area contributed by atoms with Gasteiger partial charge in [0.1, 0.15) is 12.4 Å². The minimum absolute atomic E-state index is 0.0134. The standard InChI is InChI=1S/C22H23NO6/c1-13-9-15-10-14-6-7-22(11-24,12-29-21(25)16-5-4-8-28-16)18(14)19(26-2)17(15)20(23-13)27-3/h4-5,8-10,24H,6-7,11-12H2,1-3H3/t22-/m1/s1. The minimum Gasteiger partial charge on any atom is -0.496 e. The van der Waals surface area contributed by atoms with Crippen LogP contribution in [0.5, 0.6) is 11.6 Å². The highest BCUT2D eigenvalue weighted by atomic mass is 16.5. The molecule has 152 valence electrons. The number of hydrogen-bond acceptors (Lipinski definition) is 7. The highest BCUT2D eigenvalue weighted by molar-refractivity contribution is 5.95. The van der Waals surface area contributed by atoms with Crippen molar-refractivity contribution >= 4 is 16.7 Å². The summed E-state index contributed by atoms with van der Waals surface area (Å²) in [7, 11) is 3.15. The molecule has 4 rings (SSSR count). The summed E-state index contributed by atoms with van der Waals surface area (Å²) in [5.74, 6) is 0.627. The van der Waals surface area contributed by atoms with Gasteiger partial charge >= 0.3 is 5.97 Å². The second kappa shape index (κ2) is 7.40. The number of pyridine rings is 1. The van der Waals surface area contributed by atoms with Crippen LogP contribution in [0.15, 0.2) is 34.9 Å². The smallest absolute Gasteiger partial charge is 0.374 e. The lowest BCUT2D eigenvalue weighted by atomic mass is 9.82. The van der Waals surface area contributed by atoms with Gasteiger partial charge in [-0.3, -0.25) is 0 Å². The number of methoxy groups -OCH3 is 2. The Hall–Kier alpha value is -3.06. The Bertz CT molecular complexity index is 1060. The number of esters is 1. The van der Waals surface area contributed by atoms with Crippen molar-refractivity contribution in [2.75, 3.05) is 27.4 Å². The van der Waals surface area contributed by atoms with Gasteiger partial charge in [-0.2, -0.15) is 0 Å². The van der Waals surface area contributed by atoms with Crippen LogP contribution in [0.1, 0.15) is 33.8 Å². The molecule has 2 aromatic heterocycles. The highest BCUT2D eigenvalue weighted by Gasteiger charge is 2.43. The number of aromatic nitrogens is 1. The van der Waals surface area contributed by atoms with Gasteiger partial charge < -0.3 is 23.7 Å². The molecule has 0 spiro atoms. The first-order valence-electron chi connectivity index (χ1n) is 9.40. The molecule has 1 aromatic carbocycles. The Morgan fingerprint density at radius 3 is 2.79 bits per heavy atom. The molecular formula is C22H23NO6. The number of carbonyl (C=O) groups excluding carboxylic acids is 1. The molecule has 0 saturated carbocycles. The van der Waals surface area contributed by atoms with Crippen molar-refractivity contribution in [2.24, 2.45) is 0 Å². The summed E-state index contributed by atoms with van der Waals surface area (Å²) < 4.78 is 21.9. The molecule has 1 atom stereocenters. The Balaban J connectivity index is 1.81. The summed E-state index contributed by atoms with van der Waals surface area (Å²) in [4.78, 5) is 16.8. The number of ether oxygens (including phenoxy) is 3. The van der Waals surface area contributed by atoms with Crippen molar-refractivity contribution in [3.63, 3.8) is 0 Å². The molecule has 0 aliphatic heterocycles. The molecule has 7 heteroatoms. The van der Waals surface area contributed by atoms with E-state index in [1.54, 1.807) is 26.4 Å². The predicted molar refractivity (Wildman–Crippen MR) is 106 cm³/mol. The Morgan fingerprint density at radius 1 is 1.31 bits per heavy atom. The maximum absolute atomic E-state index is 12.3. The van der Waals surface area contributed by atoms with Gasteiger partial charge in [0, 0.05) is 11.3 Å². The van der Waals surface area contributed by atoms with E-state index in [1.165, 1.54) is 6.26 Å². The molecule has 0 saturated heterocycles. The van der Waals surface area contributed by atoms with E-state index < -0.39 is 11.4 Å². The number of aryl methyl sites for hydroxylation is 2. The van der Waals surface area contributed by atoms with Crippen molar-refractivity contribution in [1.82, 2.24) is 4.98 Å². The van der Waals surface area contributed by atoms with Crippen LogP contribution < -0.4 is 9.47 Å². The van der Waals surface area contributed by atoms with E-state index in [-0.39, 0.29) is 19.0 Å². The van der Waals surface area contributed by atoms with Crippen molar-refractivity contribution in [3.05, 3.63) is 53.1 Å². The number of fused-ring (bicyclic) bond motifs is 2. The fraction of sp³-hybridized carbons (Fsp3) is 0.364. The summed E-state index contributed by atoms with van der Waals surface area (Å²) in [6, 6.07) is 7.23. The van der Waals surface area contributed by atoms with E-state index in [0.717, 1.165) is 34.0 Å². The molecule has 0 amide bonds. The van der Waals surface area contributed by atoms with Crippen LogP contribution in [-0.2, 0) is 16.6 Å². The molecule has 1 N–H and O–H groups in total. The number of furan rings is 1. The third-order valence-electron chi connectivity index (χ3n) is 5.56. The number of carbonyl (C=O) groups is 1. The SMILES string of the molecule is COc1nc(C)cc2cc3c(c(OC)c12)[C@](CO)(COC(=O)c1ccco1)CC3. The molecule has 0 unspecified atom stereocenters. The van der Waals surface area contributed by atoms with E-state index >= 15 is 0 Å². The molecule has 2 heterocycles. The monoisotopic (exact) mass is 397 g/mol. The minimum atomic E-state index is -0.771. The van der Waals surface area contributed by atoms with Gasteiger partial charge in [-0.05, 0) is 48.9 Å². The Labute approximate surface area is 168 Å². The number of aliphatic hydroxyl groups excluding tert-OH is 1. The maximum atomic E-state index is 12.3. The first-order valence-corrected chi connectivity index (χ1v) is 9.40. The molecule has 3 aromatic rings. The average Bonchev–Trinajstić information content (AvgIpc) is 3.38. The van der Waals surface area contributed by atoms with Gasteiger partial charge in [0.05, 0.1) is 37.9 Å². The van der Waals surface area contributed by atoms with Gasteiger partial charge in [0.2, 0.25) is 11.6 Å². The van der Waals surface area contributed by atoms with Gasteiger partial charge in [-0.15, -0.1) is 0 Å². The van der Waals surface area contributed by atoms with Gasteiger partial charge in [0.15, 0.2) is 0 Å². The predicted octanol–water partition coefficient (Wildman–Crippen LogP) is 3.19. The number of benzene rings is 1. The number of rotatable bonds is 6. The van der Waals surface area contributed by atoms with Crippen molar-refractivity contribution in [3.8, 4) is 11.6 Å². The fourth-order valence-electron chi connectivity index (χ4n) is 4.19. The molecule has 29 heavy (non-hydrogen) atoms. The molecule has 1 aliphatic carbocycles. The zero-order chi connectivity index (χ0) is 20.6. The summed E-state index contributed by atoms with van der Waals surface area (Å²) in [6.07, 6.45) is 2.79. The zero-order valence-electron chi connectivity index (χ0n) is 16.7. The first-order chi connectivity index (χ1) is 14.0. The van der Waals surface area contributed by atoms with Crippen LogP contribution in [0.3, 0.4) is 0 Å². The van der Waals surface area contributed by atoms with Crippen LogP contribution in [-0.4, -0.2) is 43.5 Å². The molecule has 0 fully saturated rings. The summed E-state index contributed by atoms with van der Waals surface area (Å²) >= 11 is 0. The lowest BCUT2D eigenvalue weighted by Crippen LogP contribution is -2.35. The summed E-state index contributed by atoms with van der Waals surface area (Å²) in [6.45, 7) is 1.74. The van der Waals surface area contributed by atoms with E-state index in [1.807, 2.05) is 13.0 Å². The molecule has 7 nitrogen and oxygen atoms in total.